The molecule has 146 valence electrons. The molecule has 0 saturated carbocycles. The molecule has 2 amide bonds. The molecule has 4 rings (SSSR count). The van der Waals surface area contributed by atoms with E-state index in [2.05, 4.69) is 25.5 Å². The van der Waals surface area contributed by atoms with Crippen LogP contribution in [0.15, 0.2) is 24.3 Å². The van der Waals surface area contributed by atoms with Gasteiger partial charge in [-0.15, -0.1) is 0 Å². The quantitative estimate of drug-likeness (QED) is 0.754. The number of aromatic nitrogens is 2. The Kier molecular flexibility index (Phi) is 4.85. The Bertz CT molecular complexity index is 923. The van der Waals surface area contributed by atoms with Crippen LogP contribution >= 0.6 is 0 Å². The molecule has 1 fully saturated rings. The number of benzene rings is 1. The van der Waals surface area contributed by atoms with Crippen molar-refractivity contribution >= 4 is 35.1 Å². The van der Waals surface area contributed by atoms with E-state index in [9.17, 15) is 9.59 Å². The van der Waals surface area contributed by atoms with Crippen molar-refractivity contribution < 1.29 is 9.59 Å². The van der Waals surface area contributed by atoms with Crippen molar-refractivity contribution in [2.75, 3.05) is 34.4 Å². The number of nitrogens with zero attached hydrogens (tertiary/aromatic N) is 3. The number of piperidine rings is 1. The van der Waals surface area contributed by atoms with E-state index in [1.807, 2.05) is 31.2 Å². The Hall–Kier alpha value is -3.16. The van der Waals surface area contributed by atoms with Gasteiger partial charge in [0, 0.05) is 25.2 Å². The van der Waals surface area contributed by atoms with Gasteiger partial charge in [-0.25, -0.2) is 0 Å². The van der Waals surface area contributed by atoms with Gasteiger partial charge in [0.25, 0.3) is 0 Å². The maximum Gasteiger partial charge on any atom is 0.232 e. The number of nitrogen functional groups attached to an aromatic ring is 1. The summed E-state index contributed by atoms with van der Waals surface area (Å²) in [6.07, 6.45) is 3.36. The third-order valence-electron chi connectivity index (χ3n) is 5.20. The Balaban J connectivity index is 1.64. The number of nitrogens with two attached hydrogens (primary N) is 1. The highest BCUT2D eigenvalue weighted by Crippen LogP contribution is 2.36. The molecule has 2 aliphatic heterocycles. The standard InChI is InChI=1S/C20H24N6O2/c1-12-6-5-7-13(10-12)22-19(28)14-11-15(27)23-18-16(14)17(21)24-20(25-18)26-8-3-2-4-9-26/h5-7,10,14H,2-4,8-9,11H2,1H3,(H,22,28)(H3,21,23,24,25,27)/t14-/m0/s1. The van der Waals surface area contributed by atoms with E-state index >= 15 is 0 Å². The molecule has 4 N–H and O–H groups in total. The number of amides is 2. The van der Waals surface area contributed by atoms with Gasteiger partial charge in [-0.2, -0.15) is 9.97 Å². The van der Waals surface area contributed by atoms with E-state index in [0.29, 0.717) is 23.0 Å². The van der Waals surface area contributed by atoms with Gasteiger partial charge in [0.15, 0.2) is 0 Å². The van der Waals surface area contributed by atoms with E-state index in [1.165, 1.54) is 6.42 Å². The molecule has 0 bridgehead atoms. The molecule has 0 unspecified atom stereocenters. The van der Waals surface area contributed by atoms with Crippen molar-refractivity contribution in [3.05, 3.63) is 35.4 Å². The molecule has 0 spiro atoms. The van der Waals surface area contributed by atoms with E-state index in [-0.39, 0.29) is 24.1 Å². The Morgan fingerprint density at radius 2 is 2.04 bits per heavy atom. The second-order valence-corrected chi connectivity index (χ2v) is 7.38. The minimum Gasteiger partial charge on any atom is -0.383 e. The zero-order valence-electron chi connectivity index (χ0n) is 15.9. The van der Waals surface area contributed by atoms with Crippen LogP contribution in [0, 0.1) is 6.92 Å². The molecule has 8 nitrogen and oxygen atoms in total. The highest BCUT2D eigenvalue weighted by molar-refractivity contribution is 6.05. The Morgan fingerprint density at radius 1 is 1.25 bits per heavy atom. The second-order valence-electron chi connectivity index (χ2n) is 7.38. The molecule has 2 aliphatic rings. The second kappa shape index (κ2) is 7.46. The summed E-state index contributed by atoms with van der Waals surface area (Å²) in [7, 11) is 0. The number of carbonyl (C=O) groups is 2. The van der Waals surface area contributed by atoms with Crippen molar-refractivity contribution in [3.63, 3.8) is 0 Å². The number of nitrogens with one attached hydrogen (secondary N) is 2. The van der Waals surface area contributed by atoms with E-state index in [4.69, 9.17) is 5.73 Å². The topological polar surface area (TPSA) is 113 Å². The van der Waals surface area contributed by atoms with Crippen LogP contribution in [0.5, 0.6) is 0 Å². The lowest BCUT2D eigenvalue weighted by atomic mass is 9.91. The molecular weight excluding hydrogens is 356 g/mol. The van der Waals surface area contributed by atoms with Crippen molar-refractivity contribution in [3.8, 4) is 0 Å². The molecule has 1 aromatic carbocycles. The number of carbonyl (C=O) groups excluding carboxylic acids is 2. The van der Waals surface area contributed by atoms with Crippen LogP contribution in [-0.4, -0.2) is 34.9 Å². The normalized spacial score (nSPS) is 19.0. The van der Waals surface area contributed by atoms with Gasteiger partial charge in [-0.1, -0.05) is 12.1 Å². The lowest BCUT2D eigenvalue weighted by molar-refractivity contribution is -0.123. The summed E-state index contributed by atoms with van der Waals surface area (Å²) in [5.41, 5.74) is 8.44. The minimum absolute atomic E-state index is 0.0151. The van der Waals surface area contributed by atoms with Gasteiger partial charge >= 0.3 is 0 Å². The fourth-order valence-electron chi connectivity index (χ4n) is 3.80. The highest BCUT2D eigenvalue weighted by Gasteiger charge is 2.35. The van der Waals surface area contributed by atoms with Crippen LogP contribution in [0.25, 0.3) is 0 Å². The molecule has 8 heteroatoms. The van der Waals surface area contributed by atoms with E-state index in [1.54, 1.807) is 0 Å². The number of rotatable bonds is 3. The first-order valence-corrected chi connectivity index (χ1v) is 9.61. The lowest BCUT2D eigenvalue weighted by Crippen LogP contribution is -2.35. The molecule has 1 atom stereocenters. The SMILES string of the molecule is Cc1cccc(NC(=O)[C@H]2CC(=O)Nc3nc(N4CCCCC4)nc(N)c32)c1. The number of aryl methyl sites for hydroxylation is 1. The molecule has 3 heterocycles. The van der Waals surface area contributed by atoms with Crippen LogP contribution in [0.2, 0.25) is 0 Å². The van der Waals surface area contributed by atoms with Crippen LogP contribution in [0.3, 0.4) is 0 Å². The molecular formula is C20H24N6O2. The van der Waals surface area contributed by atoms with Gasteiger partial charge in [0.05, 0.1) is 11.5 Å². The van der Waals surface area contributed by atoms with Crippen molar-refractivity contribution in [2.45, 2.75) is 38.5 Å². The van der Waals surface area contributed by atoms with Crippen LogP contribution < -0.4 is 21.3 Å². The number of fused-ring (bicyclic) bond motifs is 1. The zero-order chi connectivity index (χ0) is 19.7. The van der Waals surface area contributed by atoms with Gasteiger partial charge in [-0.05, 0) is 43.9 Å². The molecule has 1 saturated heterocycles. The summed E-state index contributed by atoms with van der Waals surface area (Å²) in [5, 5.41) is 5.64. The highest BCUT2D eigenvalue weighted by atomic mass is 16.2. The summed E-state index contributed by atoms with van der Waals surface area (Å²) in [6.45, 7) is 3.68. The molecule has 2 aromatic rings. The summed E-state index contributed by atoms with van der Waals surface area (Å²) in [4.78, 5) is 36.2. The predicted molar refractivity (Wildman–Crippen MR) is 108 cm³/mol. The smallest absolute Gasteiger partial charge is 0.232 e. The summed E-state index contributed by atoms with van der Waals surface area (Å²) < 4.78 is 0. The first kappa shape index (κ1) is 18.2. The van der Waals surface area contributed by atoms with Gasteiger partial charge in [0.1, 0.15) is 11.6 Å². The first-order valence-electron chi connectivity index (χ1n) is 9.61. The third kappa shape index (κ3) is 3.62. The minimum atomic E-state index is -0.723. The van der Waals surface area contributed by atoms with E-state index < -0.39 is 5.92 Å². The maximum absolute atomic E-state index is 12.9. The maximum atomic E-state index is 12.9. The van der Waals surface area contributed by atoms with Gasteiger partial charge in [0.2, 0.25) is 17.8 Å². The number of anilines is 4. The average molecular weight is 380 g/mol. The predicted octanol–water partition coefficient (Wildman–Crippen LogP) is 2.42. The van der Waals surface area contributed by atoms with Crippen molar-refractivity contribution in [1.82, 2.24) is 9.97 Å². The monoisotopic (exact) mass is 380 g/mol. The van der Waals surface area contributed by atoms with Crippen LogP contribution in [0.4, 0.5) is 23.3 Å². The van der Waals surface area contributed by atoms with Gasteiger partial charge < -0.3 is 21.3 Å². The molecule has 1 aromatic heterocycles. The molecule has 0 radical (unpaired) electrons. The fraction of sp³-hybridized carbons (Fsp3) is 0.400. The average Bonchev–Trinajstić information content (AvgIpc) is 2.67. The summed E-state index contributed by atoms with van der Waals surface area (Å²) in [5.74, 6) is -0.165. The van der Waals surface area contributed by atoms with Crippen molar-refractivity contribution in [2.24, 2.45) is 0 Å². The van der Waals surface area contributed by atoms with Crippen LogP contribution in [0.1, 0.15) is 42.7 Å². The number of hydrogen-bond acceptors (Lipinski definition) is 6. The fourth-order valence-corrected chi connectivity index (χ4v) is 3.80. The number of hydrogen-bond donors (Lipinski definition) is 3. The van der Waals surface area contributed by atoms with E-state index in [0.717, 1.165) is 31.5 Å². The largest absolute Gasteiger partial charge is 0.383 e. The molecule has 28 heavy (non-hydrogen) atoms. The van der Waals surface area contributed by atoms with Crippen molar-refractivity contribution in [1.29, 1.82) is 0 Å². The Morgan fingerprint density at radius 3 is 2.79 bits per heavy atom. The molecule has 0 aliphatic carbocycles. The lowest BCUT2D eigenvalue weighted by Gasteiger charge is -2.30. The van der Waals surface area contributed by atoms with Crippen LogP contribution in [-0.2, 0) is 9.59 Å². The third-order valence-corrected chi connectivity index (χ3v) is 5.20. The summed E-state index contributed by atoms with van der Waals surface area (Å²) in [6, 6.07) is 7.51. The summed E-state index contributed by atoms with van der Waals surface area (Å²) >= 11 is 0. The Labute approximate surface area is 163 Å². The van der Waals surface area contributed by atoms with Gasteiger partial charge in [-0.3, -0.25) is 9.59 Å². The zero-order valence-corrected chi connectivity index (χ0v) is 15.9. The first-order chi connectivity index (χ1) is 13.5.